The molecule has 1 aliphatic heterocycles. The fourth-order valence-electron chi connectivity index (χ4n) is 3.74. The largest absolute Gasteiger partial charge is 0.325 e. The number of halogens is 2. The third-order valence-electron chi connectivity index (χ3n) is 5.15. The predicted octanol–water partition coefficient (Wildman–Crippen LogP) is 4.91. The molecule has 0 bridgehead atoms. The van der Waals surface area contributed by atoms with Gasteiger partial charge in [0.25, 0.3) is 0 Å². The summed E-state index contributed by atoms with van der Waals surface area (Å²) in [4.78, 5) is 17.0. The summed E-state index contributed by atoms with van der Waals surface area (Å²) in [7, 11) is 0. The minimum atomic E-state index is -0.0784. The molecule has 1 heterocycles. The van der Waals surface area contributed by atoms with Crippen molar-refractivity contribution in [1.29, 1.82) is 0 Å². The van der Waals surface area contributed by atoms with Crippen LogP contribution in [0, 0.1) is 0 Å². The summed E-state index contributed by atoms with van der Waals surface area (Å²) in [6.45, 7) is 4.75. The number of hydrogen-bond acceptors (Lipinski definition) is 1. The molecule has 1 aliphatic carbocycles. The van der Waals surface area contributed by atoms with Crippen molar-refractivity contribution < 1.29 is 4.79 Å². The van der Waals surface area contributed by atoms with Gasteiger partial charge in [0, 0.05) is 23.3 Å². The number of rotatable bonds is 3. The minimum absolute atomic E-state index is 0.0314. The van der Waals surface area contributed by atoms with Gasteiger partial charge >= 0.3 is 6.03 Å². The van der Waals surface area contributed by atoms with E-state index in [1.807, 2.05) is 47.9 Å². The lowest BCUT2D eigenvalue weighted by molar-refractivity contribution is 0.201. The second-order valence-electron chi connectivity index (χ2n) is 6.57. The van der Waals surface area contributed by atoms with Crippen LogP contribution in [0.1, 0.15) is 39.5 Å². The van der Waals surface area contributed by atoms with Gasteiger partial charge in [-0.25, -0.2) is 4.79 Å². The van der Waals surface area contributed by atoms with Crippen molar-refractivity contribution >= 4 is 34.9 Å². The first-order valence-electron chi connectivity index (χ1n) is 7.95. The molecule has 1 aromatic carbocycles. The molecule has 1 saturated carbocycles. The Morgan fingerprint density at radius 1 is 1.14 bits per heavy atom. The van der Waals surface area contributed by atoms with Gasteiger partial charge in [0.2, 0.25) is 0 Å². The molecule has 22 heavy (non-hydrogen) atoms. The molecule has 2 amide bonds. The van der Waals surface area contributed by atoms with Gasteiger partial charge < -0.3 is 4.90 Å². The number of carbonyl (C=O) groups excluding carboxylic acids is 1. The average molecular weight is 341 g/mol. The van der Waals surface area contributed by atoms with Gasteiger partial charge in [0.15, 0.2) is 0 Å². The molecular formula is C17H22Cl2N2O. The minimum Gasteiger partial charge on any atom is -0.318 e. The molecule has 2 aliphatic rings. The van der Waals surface area contributed by atoms with Gasteiger partial charge in [0.1, 0.15) is 0 Å². The zero-order chi connectivity index (χ0) is 15.9. The molecule has 0 N–H and O–H groups in total. The summed E-state index contributed by atoms with van der Waals surface area (Å²) >= 11 is 12.2. The first kappa shape index (κ1) is 15.9. The highest BCUT2D eigenvalue weighted by molar-refractivity contribution is 6.30. The summed E-state index contributed by atoms with van der Waals surface area (Å²) < 4.78 is 0. The average Bonchev–Trinajstić information content (AvgIpc) is 3.06. The van der Waals surface area contributed by atoms with E-state index in [1.54, 1.807) is 0 Å². The maximum atomic E-state index is 13.1. The summed E-state index contributed by atoms with van der Waals surface area (Å²) in [5.41, 5.74) is 0.860. The number of anilines is 1. The number of benzene rings is 1. The lowest BCUT2D eigenvalue weighted by Crippen LogP contribution is -2.45. The van der Waals surface area contributed by atoms with E-state index >= 15 is 0 Å². The number of hydrogen-bond donors (Lipinski definition) is 0. The highest BCUT2D eigenvalue weighted by atomic mass is 35.5. The van der Waals surface area contributed by atoms with Crippen LogP contribution in [0.5, 0.6) is 0 Å². The molecule has 1 saturated heterocycles. The molecule has 0 radical (unpaired) electrons. The van der Waals surface area contributed by atoms with Gasteiger partial charge in [0.05, 0.1) is 10.9 Å². The van der Waals surface area contributed by atoms with Crippen molar-refractivity contribution in [1.82, 2.24) is 4.90 Å². The van der Waals surface area contributed by atoms with Gasteiger partial charge in [-0.3, -0.25) is 4.90 Å². The normalized spacial score (nSPS) is 23.4. The van der Waals surface area contributed by atoms with Crippen LogP contribution in [0.25, 0.3) is 0 Å². The van der Waals surface area contributed by atoms with Crippen molar-refractivity contribution in [3.05, 3.63) is 29.3 Å². The number of carbonyl (C=O) groups is 1. The molecule has 1 unspecified atom stereocenters. The summed E-state index contributed by atoms with van der Waals surface area (Å²) in [5, 5.41) is 0.628. The van der Waals surface area contributed by atoms with Gasteiger partial charge in [-0.15, -0.1) is 11.6 Å². The van der Waals surface area contributed by atoms with E-state index in [-0.39, 0.29) is 23.0 Å². The monoisotopic (exact) mass is 340 g/mol. The van der Waals surface area contributed by atoms with Crippen molar-refractivity contribution in [2.75, 3.05) is 11.4 Å². The topological polar surface area (TPSA) is 23.6 Å². The van der Waals surface area contributed by atoms with E-state index in [1.165, 1.54) is 12.8 Å². The molecule has 3 nitrogen and oxygen atoms in total. The van der Waals surface area contributed by atoms with Crippen LogP contribution in [-0.4, -0.2) is 34.4 Å². The van der Waals surface area contributed by atoms with Crippen LogP contribution >= 0.6 is 23.2 Å². The van der Waals surface area contributed by atoms with E-state index in [0.29, 0.717) is 5.02 Å². The third kappa shape index (κ3) is 2.59. The predicted molar refractivity (Wildman–Crippen MR) is 92.0 cm³/mol. The molecular weight excluding hydrogens is 319 g/mol. The van der Waals surface area contributed by atoms with E-state index in [0.717, 1.165) is 25.1 Å². The number of nitrogens with zero attached hydrogens (tertiary/aromatic N) is 2. The Balaban J connectivity index is 1.98. The highest BCUT2D eigenvalue weighted by Crippen LogP contribution is 2.44. The fraction of sp³-hybridized carbons (Fsp3) is 0.588. The summed E-state index contributed by atoms with van der Waals surface area (Å²) in [6, 6.07) is 7.69. The van der Waals surface area contributed by atoms with Crippen LogP contribution in [0.4, 0.5) is 10.5 Å². The molecule has 0 aromatic heterocycles. The quantitative estimate of drug-likeness (QED) is 0.717. The summed E-state index contributed by atoms with van der Waals surface area (Å²) in [5.74, 6) is 0. The lowest BCUT2D eigenvalue weighted by atomic mass is 9.95. The molecule has 5 heteroatoms. The highest BCUT2D eigenvalue weighted by Gasteiger charge is 2.52. The van der Waals surface area contributed by atoms with E-state index in [2.05, 4.69) is 0 Å². The maximum Gasteiger partial charge on any atom is 0.325 e. The Labute approximate surface area is 142 Å². The molecule has 2 atom stereocenters. The molecule has 3 rings (SSSR count). The summed E-state index contributed by atoms with van der Waals surface area (Å²) in [6.07, 6.45) is 4.47. The van der Waals surface area contributed by atoms with E-state index < -0.39 is 0 Å². The zero-order valence-electron chi connectivity index (χ0n) is 13.1. The Morgan fingerprint density at radius 3 is 2.27 bits per heavy atom. The van der Waals surface area contributed by atoms with Crippen LogP contribution in [0.15, 0.2) is 24.3 Å². The molecule has 1 aromatic rings. The fourth-order valence-corrected chi connectivity index (χ4v) is 4.00. The number of alkyl halides is 1. The Morgan fingerprint density at radius 2 is 1.73 bits per heavy atom. The second-order valence-corrected chi connectivity index (χ2v) is 7.70. The van der Waals surface area contributed by atoms with Gasteiger partial charge in [-0.2, -0.15) is 0 Å². The standard InChI is InChI=1S/C17H22Cl2N2O/c1-12(18)13(2)20-11-17(9-3-4-10-17)21(16(20)22)15-7-5-14(19)6-8-15/h5-8,12-13H,3-4,9-11H2,1-2H3/t12?,13-/m0/s1. The van der Waals surface area contributed by atoms with E-state index in [9.17, 15) is 4.79 Å². The van der Waals surface area contributed by atoms with Gasteiger partial charge in [-0.1, -0.05) is 24.4 Å². The number of urea groups is 1. The second kappa shape index (κ2) is 5.93. The van der Waals surface area contributed by atoms with Crippen molar-refractivity contribution in [2.24, 2.45) is 0 Å². The van der Waals surface area contributed by atoms with Crippen molar-refractivity contribution in [3.63, 3.8) is 0 Å². The Bertz CT molecular complexity index is 552. The maximum absolute atomic E-state index is 13.1. The molecule has 2 fully saturated rings. The SMILES string of the molecule is CC(Cl)[C@H](C)N1CC2(CCCC2)N(c2ccc(Cl)cc2)C1=O. The van der Waals surface area contributed by atoms with Gasteiger partial charge in [-0.05, 0) is 51.0 Å². The van der Waals surface area contributed by atoms with E-state index in [4.69, 9.17) is 23.2 Å². The first-order chi connectivity index (χ1) is 10.4. The number of amides is 2. The lowest BCUT2D eigenvalue weighted by Gasteiger charge is -2.33. The van der Waals surface area contributed by atoms with Crippen LogP contribution in [-0.2, 0) is 0 Å². The van der Waals surface area contributed by atoms with Crippen LogP contribution in [0.3, 0.4) is 0 Å². The van der Waals surface area contributed by atoms with Crippen LogP contribution < -0.4 is 4.90 Å². The van der Waals surface area contributed by atoms with Crippen molar-refractivity contribution in [3.8, 4) is 0 Å². The third-order valence-corrected chi connectivity index (χ3v) is 5.77. The van der Waals surface area contributed by atoms with Crippen molar-refractivity contribution in [2.45, 2.75) is 56.5 Å². The Hall–Kier alpha value is -0.930. The molecule has 1 spiro atoms. The Kier molecular flexibility index (Phi) is 4.30. The first-order valence-corrected chi connectivity index (χ1v) is 8.76. The smallest absolute Gasteiger partial charge is 0.318 e. The zero-order valence-corrected chi connectivity index (χ0v) is 14.6. The molecule has 120 valence electrons. The van der Waals surface area contributed by atoms with Crippen LogP contribution in [0.2, 0.25) is 5.02 Å².